The summed E-state index contributed by atoms with van der Waals surface area (Å²) in [6.45, 7) is 8.59. The average molecular weight is 228 g/mol. The van der Waals surface area contributed by atoms with Gasteiger partial charge in [0.2, 0.25) is 0 Å². The molecular formula is C12H24N2S. The largest absolute Gasteiger partial charge is 0.312 e. The lowest BCUT2D eigenvalue weighted by molar-refractivity contribution is 0.251. The van der Waals surface area contributed by atoms with Gasteiger partial charge >= 0.3 is 0 Å². The topological polar surface area (TPSA) is 15.3 Å². The molecule has 3 heteroatoms. The van der Waals surface area contributed by atoms with Crippen LogP contribution in [0.4, 0.5) is 0 Å². The second-order valence-corrected chi connectivity index (χ2v) is 6.35. The van der Waals surface area contributed by atoms with Crippen molar-refractivity contribution in [3.63, 3.8) is 0 Å². The summed E-state index contributed by atoms with van der Waals surface area (Å²) in [5.74, 6) is 3.53. The maximum absolute atomic E-state index is 3.62. The third kappa shape index (κ3) is 3.36. The van der Waals surface area contributed by atoms with E-state index in [0.717, 1.165) is 18.0 Å². The van der Waals surface area contributed by atoms with Crippen molar-refractivity contribution in [3.05, 3.63) is 0 Å². The summed E-state index contributed by atoms with van der Waals surface area (Å²) in [7, 11) is 0. The van der Waals surface area contributed by atoms with Crippen LogP contribution in [0.1, 0.15) is 26.7 Å². The highest BCUT2D eigenvalue weighted by atomic mass is 32.2. The van der Waals surface area contributed by atoms with Crippen LogP contribution in [-0.2, 0) is 0 Å². The molecule has 2 nitrogen and oxygen atoms in total. The van der Waals surface area contributed by atoms with Crippen LogP contribution in [0.3, 0.4) is 0 Å². The minimum Gasteiger partial charge on any atom is -0.312 e. The van der Waals surface area contributed by atoms with Gasteiger partial charge in [-0.3, -0.25) is 0 Å². The second kappa shape index (κ2) is 5.55. The number of likely N-dealkylation sites (tertiary alicyclic amines) is 1. The fourth-order valence-corrected chi connectivity index (χ4v) is 3.82. The van der Waals surface area contributed by atoms with E-state index < -0.39 is 0 Å². The summed E-state index contributed by atoms with van der Waals surface area (Å²) in [6.07, 6.45) is 2.73. The number of hydrogen-bond donors (Lipinski definition) is 1. The summed E-state index contributed by atoms with van der Waals surface area (Å²) >= 11 is 2.11. The zero-order valence-corrected chi connectivity index (χ0v) is 10.9. The van der Waals surface area contributed by atoms with Gasteiger partial charge in [-0.25, -0.2) is 0 Å². The molecule has 2 aliphatic heterocycles. The second-order valence-electron chi connectivity index (χ2n) is 5.20. The van der Waals surface area contributed by atoms with Gasteiger partial charge in [-0.15, -0.1) is 0 Å². The van der Waals surface area contributed by atoms with Crippen LogP contribution in [0.25, 0.3) is 0 Å². The van der Waals surface area contributed by atoms with Crippen molar-refractivity contribution >= 4 is 11.8 Å². The number of hydrogen-bond acceptors (Lipinski definition) is 3. The molecule has 3 unspecified atom stereocenters. The predicted molar refractivity (Wildman–Crippen MR) is 68.5 cm³/mol. The molecule has 0 saturated carbocycles. The highest BCUT2D eigenvalue weighted by Crippen LogP contribution is 2.22. The quantitative estimate of drug-likeness (QED) is 0.793. The molecule has 0 aromatic rings. The van der Waals surface area contributed by atoms with Gasteiger partial charge in [0, 0.05) is 36.7 Å². The zero-order valence-electron chi connectivity index (χ0n) is 10.0. The summed E-state index contributed by atoms with van der Waals surface area (Å²) in [5.41, 5.74) is 0. The first kappa shape index (κ1) is 11.7. The molecule has 1 N–H and O–H groups in total. The van der Waals surface area contributed by atoms with Gasteiger partial charge in [-0.05, 0) is 32.2 Å². The van der Waals surface area contributed by atoms with Gasteiger partial charge in [0.25, 0.3) is 0 Å². The molecule has 2 rings (SSSR count). The molecule has 2 saturated heterocycles. The Morgan fingerprint density at radius 3 is 2.87 bits per heavy atom. The Morgan fingerprint density at radius 1 is 1.40 bits per heavy atom. The highest BCUT2D eigenvalue weighted by Gasteiger charge is 2.26. The summed E-state index contributed by atoms with van der Waals surface area (Å²) in [6, 6.07) is 1.59. The lowest BCUT2D eigenvalue weighted by Crippen LogP contribution is -2.40. The molecule has 88 valence electrons. The van der Waals surface area contributed by atoms with Crippen molar-refractivity contribution in [2.75, 3.05) is 31.1 Å². The van der Waals surface area contributed by atoms with Crippen LogP contribution in [-0.4, -0.2) is 48.1 Å². The monoisotopic (exact) mass is 228 g/mol. The van der Waals surface area contributed by atoms with E-state index >= 15 is 0 Å². The van der Waals surface area contributed by atoms with E-state index in [-0.39, 0.29) is 0 Å². The number of nitrogens with one attached hydrogen (secondary N) is 1. The lowest BCUT2D eigenvalue weighted by Gasteiger charge is -2.27. The van der Waals surface area contributed by atoms with Crippen LogP contribution in [0, 0.1) is 5.92 Å². The molecule has 0 bridgehead atoms. The standard InChI is InChI=1S/C12H24N2S/c1-10-7-11(2)14(8-10)5-3-12-9-15-6-4-13-12/h10-13H,3-9H2,1-2H3. The van der Waals surface area contributed by atoms with Crippen molar-refractivity contribution < 1.29 is 0 Å². The van der Waals surface area contributed by atoms with Crippen molar-refractivity contribution in [1.29, 1.82) is 0 Å². The molecule has 2 heterocycles. The predicted octanol–water partition coefficient (Wildman–Crippen LogP) is 1.81. The molecule has 0 radical (unpaired) electrons. The van der Waals surface area contributed by atoms with Gasteiger partial charge < -0.3 is 10.2 Å². The molecule has 2 aliphatic rings. The first-order valence-corrected chi connectivity index (χ1v) is 7.46. The summed E-state index contributed by atoms with van der Waals surface area (Å²) < 4.78 is 0. The van der Waals surface area contributed by atoms with E-state index in [1.165, 1.54) is 44.0 Å². The Labute approximate surface area is 98.2 Å². The third-order valence-electron chi connectivity index (χ3n) is 3.68. The van der Waals surface area contributed by atoms with Crippen LogP contribution in [0.15, 0.2) is 0 Å². The Bertz CT molecular complexity index is 192. The van der Waals surface area contributed by atoms with Crippen molar-refractivity contribution in [1.82, 2.24) is 10.2 Å². The van der Waals surface area contributed by atoms with E-state index in [4.69, 9.17) is 0 Å². The van der Waals surface area contributed by atoms with E-state index in [1.807, 2.05) is 0 Å². The normalized spacial score (nSPS) is 38.4. The molecule has 15 heavy (non-hydrogen) atoms. The van der Waals surface area contributed by atoms with E-state index in [1.54, 1.807) is 0 Å². The SMILES string of the molecule is CC1CC(C)N(CCC2CSCCN2)C1. The fourth-order valence-electron chi connectivity index (χ4n) is 2.82. The number of thioether (sulfide) groups is 1. The van der Waals surface area contributed by atoms with Gasteiger partial charge in [0.1, 0.15) is 0 Å². The van der Waals surface area contributed by atoms with Gasteiger partial charge in [-0.2, -0.15) is 11.8 Å². The molecule has 0 aromatic heterocycles. The van der Waals surface area contributed by atoms with E-state index in [9.17, 15) is 0 Å². The number of nitrogens with zero attached hydrogens (tertiary/aromatic N) is 1. The summed E-state index contributed by atoms with van der Waals surface area (Å²) in [4.78, 5) is 2.67. The smallest absolute Gasteiger partial charge is 0.0170 e. The Balaban J connectivity index is 1.68. The minimum atomic E-state index is 0.770. The first-order valence-electron chi connectivity index (χ1n) is 6.31. The molecule has 0 aromatic carbocycles. The lowest BCUT2D eigenvalue weighted by atomic mass is 10.1. The fraction of sp³-hybridized carbons (Fsp3) is 1.00. The molecule has 3 atom stereocenters. The van der Waals surface area contributed by atoms with Crippen LogP contribution in [0.2, 0.25) is 0 Å². The van der Waals surface area contributed by atoms with Gasteiger partial charge in [0.15, 0.2) is 0 Å². The van der Waals surface area contributed by atoms with Crippen molar-refractivity contribution in [2.45, 2.75) is 38.8 Å². The first-order chi connectivity index (χ1) is 7.25. The zero-order chi connectivity index (χ0) is 10.7. The average Bonchev–Trinajstić information content (AvgIpc) is 2.56. The highest BCUT2D eigenvalue weighted by molar-refractivity contribution is 7.99. The Kier molecular flexibility index (Phi) is 4.35. The van der Waals surface area contributed by atoms with Crippen LogP contribution >= 0.6 is 11.8 Å². The van der Waals surface area contributed by atoms with Gasteiger partial charge in [-0.1, -0.05) is 6.92 Å². The van der Waals surface area contributed by atoms with Crippen molar-refractivity contribution in [3.8, 4) is 0 Å². The molecular weight excluding hydrogens is 204 g/mol. The molecule has 2 fully saturated rings. The molecule has 0 amide bonds. The molecule has 0 aliphatic carbocycles. The van der Waals surface area contributed by atoms with Crippen LogP contribution < -0.4 is 5.32 Å². The maximum Gasteiger partial charge on any atom is 0.0170 e. The number of rotatable bonds is 3. The Morgan fingerprint density at radius 2 is 2.27 bits per heavy atom. The summed E-state index contributed by atoms with van der Waals surface area (Å²) in [5, 5.41) is 3.62. The van der Waals surface area contributed by atoms with Crippen LogP contribution in [0.5, 0.6) is 0 Å². The maximum atomic E-state index is 3.62. The van der Waals surface area contributed by atoms with E-state index in [2.05, 4.69) is 35.8 Å². The Hall–Kier alpha value is 0.270. The third-order valence-corrected chi connectivity index (χ3v) is 4.81. The molecule has 0 spiro atoms. The van der Waals surface area contributed by atoms with Gasteiger partial charge in [0.05, 0.1) is 0 Å². The van der Waals surface area contributed by atoms with E-state index in [0.29, 0.717) is 0 Å². The van der Waals surface area contributed by atoms with Crippen molar-refractivity contribution in [2.24, 2.45) is 5.92 Å². The minimum absolute atomic E-state index is 0.770.